The van der Waals surface area contributed by atoms with Crippen molar-refractivity contribution in [1.29, 1.82) is 0 Å². The lowest BCUT2D eigenvalue weighted by molar-refractivity contribution is 0.335. The molecule has 0 bridgehead atoms. The second-order valence-corrected chi connectivity index (χ2v) is 5.43. The molecule has 2 atom stereocenters. The van der Waals surface area contributed by atoms with Gasteiger partial charge in [-0.1, -0.05) is 41.1 Å². The number of ether oxygens (including phenoxy) is 1. The summed E-state index contributed by atoms with van der Waals surface area (Å²) in [6.45, 7) is 4.89. The molecule has 1 heterocycles. The summed E-state index contributed by atoms with van der Waals surface area (Å²) in [6, 6.07) is 12.3. The van der Waals surface area contributed by atoms with Crippen LogP contribution in [0.15, 0.2) is 48.8 Å². The lowest BCUT2D eigenvalue weighted by atomic mass is 9.94. The van der Waals surface area contributed by atoms with Gasteiger partial charge in [-0.25, -0.2) is 0 Å². The minimum Gasteiger partial charge on any atom is -0.494 e. The number of halogens is 1. The van der Waals surface area contributed by atoms with Gasteiger partial charge in [0, 0.05) is 22.8 Å². The summed E-state index contributed by atoms with van der Waals surface area (Å²) in [5.41, 5.74) is 2.46. The fourth-order valence-electron chi connectivity index (χ4n) is 2.10. The zero-order chi connectivity index (χ0) is 13.7. The summed E-state index contributed by atoms with van der Waals surface area (Å²) in [5.74, 6) is 1.30. The van der Waals surface area contributed by atoms with Crippen molar-refractivity contribution in [2.45, 2.75) is 24.6 Å². The minimum absolute atomic E-state index is 0.220. The van der Waals surface area contributed by atoms with Gasteiger partial charge in [-0.3, -0.25) is 4.98 Å². The molecule has 100 valence electrons. The summed E-state index contributed by atoms with van der Waals surface area (Å²) < 4.78 is 5.70. The first-order valence-electron chi connectivity index (χ1n) is 6.49. The molecule has 1 aromatic carbocycles. The summed E-state index contributed by atoms with van der Waals surface area (Å²) in [6.07, 6.45) is 3.67. The molecule has 2 unspecified atom stereocenters. The molecule has 2 nitrogen and oxygen atoms in total. The molecular formula is C16H18BrNO. The van der Waals surface area contributed by atoms with Crippen LogP contribution in [0.2, 0.25) is 0 Å². The SMILES string of the molecule is CCOc1ccccc1C(Br)C(C)c1ccncc1. The van der Waals surface area contributed by atoms with Gasteiger partial charge in [0.2, 0.25) is 0 Å². The number of rotatable bonds is 5. The molecule has 0 fully saturated rings. The first kappa shape index (κ1) is 14.1. The number of hydrogen-bond acceptors (Lipinski definition) is 2. The Balaban J connectivity index is 2.26. The molecule has 2 rings (SSSR count). The highest BCUT2D eigenvalue weighted by Crippen LogP contribution is 2.41. The maximum Gasteiger partial charge on any atom is 0.123 e. The van der Waals surface area contributed by atoms with Gasteiger partial charge in [-0.05, 0) is 36.6 Å². The summed E-state index contributed by atoms with van der Waals surface area (Å²) in [7, 11) is 0. The molecular weight excluding hydrogens is 302 g/mol. The van der Waals surface area contributed by atoms with E-state index in [2.05, 4.69) is 46.0 Å². The van der Waals surface area contributed by atoms with Crippen molar-refractivity contribution >= 4 is 15.9 Å². The lowest BCUT2D eigenvalue weighted by Crippen LogP contribution is -2.05. The average Bonchev–Trinajstić information content (AvgIpc) is 2.47. The number of nitrogens with zero attached hydrogens (tertiary/aromatic N) is 1. The third-order valence-electron chi connectivity index (χ3n) is 3.19. The van der Waals surface area contributed by atoms with Crippen LogP contribution in [-0.2, 0) is 0 Å². The van der Waals surface area contributed by atoms with E-state index in [1.54, 1.807) is 0 Å². The summed E-state index contributed by atoms with van der Waals surface area (Å²) in [5, 5.41) is 0. The number of para-hydroxylation sites is 1. The van der Waals surface area contributed by atoms with Crippen molar-refractivity contribution in [3.8, 4) is 5.75 Å². The molecule has 0 aliphatic carbocycles. The molecule has 0 aliphatic rings. The zero-order valence-electron chi connectivity index (χ0n) is 11.2. The van der Waals surface area contributed by atoms with Gasteiger partial charge in [-0.15, -0.1) is 0 Å². The van der Waals surface area contributed by atoms with Gasteiger partial charge in [0.15, 0.2) is 0 Å². The predicted molar refractivity (Wildman–Crippen MR) is 81.9 cm³/mol. The lowest BCUT2D eigenvalue weighted by Gasteiger charge is -2.21. The number of hydrogen-bond donors (Lipinski definition) is 0. The highest BCUT2D eigenvalue weighted by Gasteiger charge is 2.20. The zero-order valence-corrected chi connectivity index (χ0v) is 12.8. The van der Waals surface area contributed by atoms with Crippen LogP contribution in [0.25, 0.3) is 0 Å². The van der Waals surface area contributed by atoms with Gasteiger partial charge in [0.1, 0.15) is 5.75 Å². The molecule has 0 aliphatic heterocycles. The Bertz CT molecular complexity index is 515. The van der Waals surface area contributed by atoms with Crippen LogP contribution in [0.5, 0.6) is 5.75 Å². The van der Waals surface area contributed by atoms with Crippen molar-refractivity contribution < 1.29 is 4.74 Å². The molecule has 0 N–H and O–H groups in total. The Morgan fingerprint density at radius 3 is 2.53 bits per heavy atom. The van der Waals surface area contributed by atoms with E-state index in [4.69, 9.17) is 4.74 Å². The average molecular weight is 320 g/mol. The first-order valence-corrected chi connectivity index (χ1v) is 7.41. The Morgan fingerprint density at radius 2 is 1.84 bits per heavy atom. The summed E-state index contributed by atoms with van der Waals surface area (Å²) >= 11 is 3.81. The van der Waals surface area contributed by atoms with E-state index in [1.165, 1.54) is 11.1 Å². The van der Waals surface area contributed by atoms with Crippen LogP contribution in [-0.4, -0.2) is 11.6 Å². The maximum absolute atomic E-state index is 5.70. The Hall–Kier alpha value is -1.35. The van der Waals surface area contributed by atoms with E-state index in [0.717, 1.165) is 5.75 Å². The van der Waals surface area contributed by atoms with Gasteiger partial charge in [0.25, 0.3) is 0 Å². The number of benzene rings is 1. The molecule has 3 heteroatoms. The molecule has 1 aromatic heterocycles. The van der Waals surface area contributed by atoms with E-state index in [9.17, 15) is 0 Å². The van der Waals surface area contributed by atoms with Gasteiger partial charge in [0.05, 0.1) is 6.61 Å². The topological polar surface area (TPSA) is 22.1 Å². The smallest absolute Gasteiger partial charge is 0.123 e. The number of alkyl halides is 1. The molecule has 19 heavy (non-hydrogen) atoms. The maximum atomic E-state index is 5.70. The van der Waals surface area contributed by atoms with Gasteiger partial charge >= 0.3 is 0 Å². The van der Waals surface area contributed by atoms with Crippen molar-refractivity contribution in [2.75, 3.05) is 6.61 Å². The normalized spacial score (nSPS) is 13.8. The van der Waals surface area contributed by atoms with E-state index in [0.29, 0.717) is 12.5 Å². The van der Waals surface area contributed by atoms with E-state index < -0.39 is 0 Å². The largest absolute Gasteiger partial charge is 0.494 e. The summed E-state index contributed by atoms with van der Waals surface area (Å²) in [4.78, 5) is 4.29. The van der Waals surface area contributed by atoms with E-state index in [-0.39, 0.29) is 4.83 Å². The van der Waals surface area contributed by atoms with Crippen LogP contribution in [0.3, 0.4) is 0 Å². The van der Waals surface area contributed by atoms with Crippen LogP contribution in [0.1, 0.15) is 35.7 Å². The molecule has 0 amide bonds. The van der Waals surface area contributed by atoms with Crippen molar-refractivity contribution in [2.24, 2.45) is 0 Å². The first-order chi connectivity index (χ1) is 9.24. The van der Waals surface area contributed by atoms with Crippen LogP contribution < -0.4 is 4.74 Å². The molecule has 0 saturated heterocycles. The molecule has 0 radical (unpaired) electrons. The van der Waals surface area contributed by atoms with Crippen LogP contribution in [0, 0.1) is 0 Å². The van der Waals surface area contributed by atoms with Crippen molar-refractivity contribution in [3.05, 3.63) is 59.9 Å². The highest BCUT2D eigenvalue weighted by atomic mass is 79.9. The number of pyridine rings is 1. The molecule has 0 saturated carbocycles. The second-order valence-electron chi connectivity index (χ2n) is 4.44. The van der Waals surface area contributed by atoms with Crippen molar-refractivity contribution in [1.82, 2.24) is 4.98 Å². The third-order valence-corrected chi connectivity index (χ3v) is 4.47. The Morgan fingerprint density at radius 1 is 1.16 bits per heavy atom. The molecule has 2 aromatic rings. The third kappa shape index (κ3) is 3.35. The highest BCUT2D eigenvalue weighted by molar-refractivity contribution is 9.09. The Labute approximate surface area is 123 Å². The van der Waals surface area contributed by atoms with E-state index >= 15 is 0 Å². The quantitative estimate of drug-likeness (QED) is 0.744. The van der Waals surface area contributed by atoms with Gasteiger partial charge in [-0.2, -0.15) is 0 Å². The minimum atomic E-state index is 0.220. The molecule has 0 spiro atoms. The monoisotopic (exact) mass is 319 g/mol. The second kappa shape index (κ2) is 6.71. The number of aromatic nitrogens is 1. The fourth-order valence-corrected chi connectivity index (χ4v) is 2.78. The van der Waals surface area contributed by atoms with Crippen LogP contribution >= 0.6 is 15.9 Å². The van der Waals surface area contributed by atoms with Crippen LogP contribution in [0.4, 0.5) is 0 Å². The fraction of sp³-hybridized carbons (Fsp3) is 0.312. The predicted octanol–water partition coefficient (Wildman–Crippen LogP) is 4.72. The standard InChI is InChI=1S/C16H18BrNO/c1-3-19-15-7-5-4-6-14(15)16(17)12(2)13-8-10-18-11-9-13/h4-12,16H,3H2,1-2H3. The Kier molecular flexibility index (Phi) is 4.97. The van der Waals surface area contributed by atoms with Crippen molar-refractivity contribution in [3.63, 3.8) is 0 Å². The van der Waals surface area contributed by atoms with Gasteiger partial charge < -0.3 is 4.74 Å². The van der Waals surface area contributed by atoms with E-state index in [1.807, 2.05) is 37.5 Å².